The predicted octanol–water partition coefficient (Wildman–Crippen LogP) is -0.500. The van der Waals surface area contributed by atoms with Gasteiger partial charge in [-0.05, 0) is 12.5 Å². The zero-order valence-corrected chi connectivity index (χ0v) is 13.0. The van der Waals surface area contributed by atoms with Crippen LogP contribution in [0.3, 0.4) is 0 Å². The molecule has 114 valence electrons. The number of aliphatic hydroxyl groups excluding tert-OH is 1. The highest BCUT2D eigenvalue weighted by Crippen LogP contribution is 2.29. The maximum atomic E-state index is 12.5. The second-order valence-corrected chi connectivity index (χ2v) is 9.85. The van der Waals surface area contributed by atoms with E-state index in [1.807, 2.05) is 0 Å². The van der Waals surface area contributed by atoms with Crippen molar-refractivity contribution in [1.82, 2.24) is 4.31 Å². The fraction of sp³-hybridized carbons (Fsp3) is 0.600. The Morgan fingerprint density at radius 2 is 2.20 bits per heavy atom. The third-order valence-electron chi connectivity index (χ3n) is 3.09. The van der Waals surface area contributed by atoms with Crippen molar-refractivity contribution in [2.24, 2.45) is 0 Å². The Morgan fingerprint density at radius 1 is 1.50 bits per heavy atom. The van der Waals surface area contributed by atoms with E-state index in [0.29, 0.717) is 5.69 Å². The molecule has 1 unspecified atom stereocenters. The van der Waals surface area contributed by atoms with Gasteiger partial charge >= 0.3 is 0 Å². The van der Waals surface area contributed by atoms with Crippen LogP contribution in [-0.2, 0) is 19.9 Å². The molecule has 1 aromatic heterocycles. The van der Waals surface area contributed by atoms with Gasteiger partial charge in [0.15, 0.2) is 9.84 Å². The van der Waals surface area contributed by atoms with Gasteiger partial charge < -0.3 is 10.8 Å². The summed E-state index contributed by atoms with van der Waals surface area (Å²) in [7, 11) is -7.03. The molecule has 0 bridgehead atoms. The lowest BCUT2D eigenvalue weighted by Gasteiger charge is -2.25. The van der Waals surface area contributed by atoms with E-state index in [9.17, 15) is 16.8 Å². The molecule has 10 heteroatoms. The highest BCUT2D eigenvalue weighted by Gasteiger charge is 2.38. The van der Waals surface area contributed by atoms with E-state index in [2.05, 4.69) is 0 Å². The molecule has 2 rings (SSSR count). The molecule has 0 aromatic carbocycles. The lowest BCUT2D eigenvalue weighted by atomic mass is 10.3. The highest BCUT2D eigenvalue weighted by molar-refractivity contribution is 7.92. The SMILES string of the molecule is Nc1csc(S(=O)(=O)N(CCO)C2CCS(=O)(=O)C2)c1. The van der Waals surface area contributed by atoms with E-state index in [0.717, 1.165) is 15.6 Å². The van der Waals surface area contributed by atoms with Crippen LogP contribution in [0.4, 0.5) is 5.69 Å². The van der Waals surface area contributed by atoms with E-state index in [1.54, 1.807) is 0 Å². The van der Waals surface area contributed by atoms with E-state index in [-0.39, 0.29) is 35.3 Å². The van der Waals surface area contributed by atoms with Crippen molar-refractivity contribution >= 4 is 36.9 Å². The van der Waals surface area contributed by atoms with Gasteiger partial charge in [-0.15, -0.1) is 11.3 Å². The van der Waals surface area contributed by atoms with Crippen molar-refractivity contribution in [1.29, 1.82) is 0 Å². The Bertz CT molecular complexity index is 680. The van der Waals surface area contributed by atoms with Crippen LogP contribution in [0, 0.1) is 0 Å². The van der Waals surface area contributed by atoms with Crippen LogP contribution in [0.5, 0.6) is 0 Å². The summed E-state index contributed by atoms with van der Waals surface area (Å²) in [6.45, 7) is -0.489. The fourth-order valence-corrected chi connectivity index (χ4v) is 6.86. The van der Waals surface area contributed by atoms with Crippen molar-refractivity contribution in [3.8, 4) is 0 Å². The fourth-order valence-electron chi connectivity index (χ4n) is 2.18. The molecule has 0 aliphatic carbocycles. The van der Waals surface area contributed by atoms with Crippen LogP contribution < -0.4 is 5.73 Å². The molecule has 0 radical (unpaired) electrons. The third kappa shape index (κ3) is 3.14. The standard InChI is InChI=1S/C10H16N2O5S3/c11-8-5-10(18-6-8)20(16,17)12(2-3-13)9-1-4-19(14,15)7-9/h5-6,9,13H,1-4,7,11H2. The van der Waals surface area contributed by atoms with E-state index in [1.165, 1.54) is 11.4 Å². The lowest BCUT2D eigenvalue weighted by Crippen LogP contribution is -2.42. The van der Waals surface area contributed by atoms with Crippen LogP contribution in [0.15, 0.2) is 15.7 Å². The van der Waals surface area contributed by atoms with Crippen LogP contribution >= 0.6 is 11.3 Å². The number of hydrogen-bond donors (Lipinski definition) is 2. The first-order valence-electron chi connectivity index (χ1n) is 5.93. The molecule has 1 aliphatic rings. The van der Waals surface area contributed by atoms with Crippen LogP contribution in [0.2, 0.25) is 0 Å². The number of rotatable bonds is 5. The minimum atomic E-state index is -3.83. The van der Waals surface area contributed by atoms with Gasteiger partial charge in [0.2, 0.25) is 0 Å². The minimum absolute atomic E-state index is 0.0261. The smallest absolute Gasteiger partial charge is 0.252 e. The molecule has 0 amide bonds. The second-order valence-electron chi connectivity index (χ2n) is 4.60. The highest BCUT2D eigenvalue weighted by atomic mass is 32.2. The first-order valence-corrected chi connectivity index (χ1v) is 10.1. The van der Waals surface area contributed by atoms with Crippen molar-refractivity contribution in [2.75, 3.05) is 30.4 Å². The lowest BCUT2D eigenvalue weighted by molar-refractivity contribution is 0.233. The zero-order chi connectivity index (χ0) is 15.0. The van der Waals surface area contributed by atoms with Gasteiger partial charge in [-0.25, -0.2) is 16.8 Å². The summed E-state index contributed by atoms with van der Waals surface area (Å²) >= 11 is 0.984. The van der Waals surface area contributed by atoms with Gasteiger partial charge in [-0.2, -0.15) is 4.31 Å². The molecule has 1 aliphatic heterocycles. The number of nitrogens with two attached hydrogens (primary N) is 1. The topological polar surface area (TPSA) is 118 Å². The summed E-state index contributed by atoms with van der Waals surface area (Å²) in [6.07, 6.45) is 0.252. The minimum Gasteiger partial charge on any atom is -0.398 e. The average Bonchev–Trinajstić information content (AvgIpc) is 2.92. The number of sulfonamides is 1. The molecular formula is C10H16N2O5S3. The molecule has 1 aromatic rings. The summed E-state index contributed by atoms with van der Waals surface area (Å²) in [6, 6.07) is 0.717. The first-order chi connectivity index (χ1) is 9.26. The van der Waals surface area contributed by atoms with Gasteiger partial charge in [0.25, 0.3) is 10.0 Å². The van der Waals surface area contributed by atoms with Crippen molar-refractivity contribution in [3.63, 3.8) is 0 Å². The number of thiophene rings is 1. The molecule has 1 saturated heterocycles. The van der Waals surface area contributed by atoms with Crippen LogP contribution in [0.25, 0.3) is 0 Å². The Balaban J connectivity index is 2.33. The van der Waals surface area contributed by atoms with E-state index < -0.39 is 25.9 Å². The molecule has 0 saturated carbocycles. The van der Waals surface area contributed by atoms with Crippen molar-refractivity contribution < 1.29 is 21.9 Å². The van der Waals surface area contributed by atoms with Gasteiger partial charge in [-0.3, -0.25) is 0 Å². The number of sulfone groups is 1. The Labute approximate surface area is 122 Å². The monoisotopic (exact) mass is 340 g/mol. The zero-order valence-electron chi connectivity index (χ0n) is 10.6. The first kappa shape index (κ1) is 15.7. The predicted molar refractivity (Wildman–Crippen MR) is 76.8 cm³/mol. The second kappa shape index (κ2) is 5.60. The molecule has 1 atom stereocenters. The molecule has 7 nitrogen and oxygen atoms in total. The number of anilines is 1. The maximum Gasteiger partial charge on any atom is 0.252 e. The maximum absolute atomic E-state index is 12.5. The quantitative estimate of drug-likeness (QED) is 0.746. The molecular weight excluding hydrogens is 324 g/mol. The van der Waals surface area contributed by atoms with Gasteiger partial charge in [-0.1, -0.05) is 0 Å². The van der Waals surface area contributed by atoms with Gasteiger partial charge in [0.05, 0.1) is 18.1 Å². The summed E-state index contributed by atoms with van der Waals surface area (Å²) in [5, 5.41) is 10.6. The number of nitrogens with zero attached hydrogens (tertiary/aromatic N) is 1. The Hall–Kier alpha value is -0.680. The molecule has 2 heterocycles. The summed E-state index contributed by atoms with van der Waals surface area (Å²) in [5.41, 5.74) is 5.87. The summed E-state index contributed by atoms with van der Waals surface area (Å²) in [5.74, 6) is -0.227. The van der Waals surface area contributed by atoms with E-state index >= 15 is 0 Å². The molecule has 0 spiro atoms. The van der Waals surface area contributed by atoms with E-state index in [4.69, 9.17) is 10.8 Å². The number of nitrogen functional groups attached to an aromatic ring is 1. The van der Waals surface area contributed by atoms with Crippen molar-refractivity contribution in [2.45, 2.75) is 16.7 Å². The molecule has 3 N–H and O–H groups in total. The number of hydrogen-bond acceptors (Lipinski definition) is 7. The largest absolute Gasteiger partial charge is 0.398 e. The molecule has 1 fully saturated rings. The van der Waals surface area contributed by atoms with Crippen LogP contribution in [0.1, 0.15) is 6.42 Å². The Kier molecular flexibility index (Phi) is 4.40. The van der Waals surface area contributed by atoms with Gasteiger partial charge in [0, 0.05) is 23.7 Å². The Morgan fingerprint density at radius 3 is 2.65 bits per heavy atom. The van der Waals surface area contributed by atoms with Gasteiger partial charge in [0.1, 0.15) is 4.21 Å². The van der Waals surface area contributed by atoms with Crippen molar-refractivity contribution in [3.05, 3.63) is 11.4 Å². The van der Waals surface area contributed by atoms with Crippen LogP contribution in [-0.4, -0.2) is 56.9 Å². The average molecular weight is 340 g/mol. The molecule has 20 heavy (non-hydrogen) atoms. The summed E-state index contributed by atoms with van der Waals surface area (Å²) < 4.78 is 49.2. The third-order valence-corrected chi connectivity index (χ3v) is 8.23. The normalized spacial score (nSPS) is 22.4. The number of aliphatic hydroxyl groups is 1. The summed E-state index contributed by atoms with van der Waals surface area (Å²) in [4.78, 5) is 0.